The van der Waals surface area contributed by atoms with Crippen LogP contribution in [0.5, 0.6) is 0 Å². The minimum absolute atomic E-state index is 0.107. The highest BCUT2D eigenvalue weighted by Gasteiger charge is 2.30. The summed E-state index contributed by atoms with van der Waals surface area (Å²) in [5.74, 6) is -1.18. The Labute approximate surface area is 192 Å². The molecule has 7 heteroatoms. The van der Waals surface area contributed by atoms with Gasteiger partial charge in [-0.1, -0.05) is 60.7 Å². The zero-order valence-corrected chi connectivity index (χ0v) is 18.9. The average Bonchev–Trinajstić information content (AvgIpc) is 2.80. The number of fused-ring (bicyclic) bond motifs is 1. The molecular formula is C26H27NO6. The largest absolute Gasteiger partial charge is 0.459 e. The second-order valence-corrected chi connectivity index (χ2v) is 8.43. The lowest BCUT2D eigenvalue weighted by Gasteiger charge is -2.33. The van der Waals surface area contributed by atoms with E-state index in [1.807, 2.05) is 60.7 Å². The monoisotopic (exact) mass is 449 g/mol. The average molecular weight is 450 g/mol. The number of benzene rings is 3. The minimum Gasteiger partial charge on any atom is -0.459 e. The van der Waals surface area contributed by atoms with Gasteiger partial charge in [-0.3, -0.25) is 9.69 Å². The van der Waals surface area contributed by atoms with Gasteiger partial charge in [-0.15, -0.1) is 0 Å². The van der Waals surface area contributed by atoms with E-state index >= 15 is 0 Å². The summed E-state index contributed by atoms with van der Waals surface area (Å²) >= 11 is 0. The maximum absolute atomic E-state index is 12.6. The van der Waals surface area contributed by atoms with Gasteiger partial charge in [-0.05, 0) is 49.2 Å². The van der Waals surface area contributed by atoms with E-state index in [9.17, 15) is 14.4 Å². The molecule has 0 aliphatic carbocycles. The number of hydrogen-bond acceptors (Lipinski definition) is 6. The quantitative estimate of drug-likeness (QED) is 0.376. The molecule has 0 atom stereocenters. The van der Waals surface area contributed by atoms with Crippen LogP contribution in [0.1, 0.15) is 36.7 Å². The number of amides is 1. The molecule has 0 bridgehead atoms. The molecule has 0 saturated heterocycles. The maximum Gasteiger partial charge on any atom is 0.413 e. The first-order valence-corrected chi connectivity index (χ1v) is 10.5. The molecule has 0 heterocycles. The molecule has 3 rings (SSSR count). The highest BCUT2D eigenvalue weighted by Crippen LogP contribution is 2.17. The Balaban J connectivity index is 1.52. The van der Waals surface area contributed by atoms with Gasteiger partial charge >= 0.3 is 18.0 Å². The fourth-order valence-corrected chi connectivity index (χ4v) is 3.10. The lowest BCUT2D eigenvalue weighted by atomic mass is 10.1. The van der Waals surface area contributed by atoms with Gasteiger partial charge in [-0.25, -0.2) is 9.59 Å². The van der Waals surface area contributed by atoms with Crippen LogP contribution in [0.15, 0.2) is 72.8 Å². The Hall–Kier alpha value is -3.87. The van der Waals surface area contributed by atoms with E-state index in [4.69, 9.17) is 14.2 Å². The predicted molar refractivity (Wildman–Crippen MR) is 123 cm³/mol. The summed E-state index contributed by atoms with van der Waals surface area (Å²) < 4.78 is 15.5. The van der Waals surface area contributed by atoms with Gasteiger partial charge in [0.1, 0.15) is 13.2 Å². The van der Waals surface area contributed by atoms with Crippen molar-refractivity contribution < 1.29 is 28.6 Å². The minimum atomic E-state index is -0.787. The van der Waals surface area contributed by atoms with Crippen LogP contribution in [0.3, 0.4) is 0 Å². The van der Waals surface area contributed by atoms with Crippen LogP contribution >= 0.6 is 0 Å². The number of nitrogens with zero attached hydrogens (tertiary/aromatic N) is 1. The third kappa shape index (κ3) is 6.80. The first kappa shape index (κ1) is 23.8. The molecule has 0 saturated carbocycles. The highest BCUT2D eigenvalue weighted by molar-refractivity contribution is 5.95. The van der Waals surface area contributed by atoms with Crippen molar-refractivity contribution in [1.29, 1.82) is 0 Å². The number of carbonyl (C=O) groups excluding carboxylic acids is 3. The number of esters is 2. The van der Waals surface area contributed by atoms with Gasteiger partial charge in [0.2, 0.25) is 6.79 Å². The molecule has 0 radical (unpaired) electrons. The number of carbonyl (C=O) groups is 3. The second-order valence-electron chi connectivity index (χ2n) is 8.43. The van der Waals surface area contributed by atoms with Crippen LogP contribution in [0.25, 0.3) is 10.8 Å². The SMILES string of the molecule is CC(C)(C)N(CC(=O)OCc1ccccc1)C(=O)OCOC(=O)c1ccc2ccccc2c1. The molecule has 0 N–H and O–H groups in total. The molecule has 0 aliphatic heterocycles. The summed E-state index contributed by atoms with van der Waals surface area (Å²) in [4.78, 5) is 38.5. The van der Waals surface area contributed by atoms with E-state index in [2.05, 4.69) is 0 Å². The number of ether oxygens (including phenoxy) is 3. The fraction of sp³-hybridized carbons (Fsp3) is 0.269. The molecule has 0 aliphatic rings. The van der Waals surface area contributed by atoms with Gasteiger partial charge in [0.05, 0.1) is 5.56 Å². The summed E-state index contributed by atoms with van der Waals surface area (Å²) in [6.07, 6.45) is -0.787. The van der Waals surface area contributed by atoms with Gasteiger partial charge in [0, 0.05) is 5.54 Å². The van der Waals surface area contributed by atoms with Crippen molar-refractivity contribution in [2.75, 3.05) is 13.3 Å². The summed E-state index contributed by atoms with van der Waals surface area (Å²) in [7, 11) is 0. The molecule has 172 valence electrons. The van der Waals surface area contributed by atoms with E-state index in [1.54, 1.807) is 32.9 Å². The molecule has 7 nitrogen and oxygen atoms in total. The van der Waals surface area contributed by atoms with Gasteiger partial charge in [-0.2, -0.15) is 0 Å². The van der Waals surface area contributed by atoms with Crippen LogP contribution in [0.2, 0.25) is 0 Å². The third-order valence-electron chi connectivity index (χ3n) is 4.92. The summed E-state index contributed by atoms with van der Waals surface area (Å²) in [5.41, 5.74) is 0.476. The van der Waals surface area contributed by atoms with Crippen LogP contribution in [-0.2, 0) is 25.6 Å². The summed E-state index contributed by atoms with van der Waals surface area (Å²) in [5, 5.41) is 1.90. The maximum atomic E-state index is 12.6. The van der Waals surface area contributed by atoms with E-state index in [0.29, 0.717) is 5.56 Å². The Kier molecular flexibility index (Phi) is 7.66. The van der Waals surface area contributed by atoms with E-state index in [0.717, 1.165) is 16.3 Å². The van der Waals surface area contributed by atoms with Crippen LogP contribution < -0.4 is 0 Å². The molecule has 1 amide bonds. The van der Waals surface area contributed by atoms with Crippen molar-refractivity contribution in [3.05, 3.63) is 83.9 Å². The fourth-order valence-electron chi connectivity index (χ4n) is 3.10. The van der Waals surface area contributed by atoms with Gasteiger partial charge in [0.25, 0.3) is 0 Å². The standard InChI is InChI=1S/C26H27NO6/c1-26(2,3)27(16-23(28)31-17-19-9-5-4-6-10-19)25(30)33-18-32-24(29)22-14-13-20-11-7-8-12-21(20)15-22/h4-15H,16-18H2,1-3H3. The molecule has 0 unspecified atom stereocenters. The Morgan fingerprint density at radius 3 is 2.15 bits per heavy atom. The van der Waals surface area contributed by atoms with Crippen molar-refractivity contribution in [2.24, 2.45) is 0 Å². The molecule has 3 aromatic rings. The predicted octanol–water partition coefficient (Wildman–Crippen LogP) is 4.93. The van der Waals surface area contributed by atoms with Crippen LogP contribution in [0.4, 0.5) is 4.79 Å². The third-order valence-corrected chi connectivity index (χ3v) is 4.92. The molecule has 3 aromatic carbocycles. The van der Waals surface area contributed by atoms with Gasteiger partial charge in [0.15, 0.2) is 0 Å². The topological polar surface area (TPSA) is 82.1 Å². The van der Waals surface area contributed by atoms with Crippen molar-refractivity contribution in [3.8, 4) is 0 Å². The van der Waals surface area contributed by atoms with E-state index in [-0.39, 0.29) is 13.2 Å². The zero-order valence-electron chi connectivity index (χ0n) is 18.9. The lowest BCUT2D eigenvalue weighted by molar-refractivity contribution is -0.147. The Bertz CT molecular complexity index is 1120. The lowest BCUT2D eigenvalue weighted by Crippen LogP contribution is -2.49. The number of rotatable bonds is 7. The van der Waals surface area contributed by atoms with Crippen molar-refractivity contribution in [3.63, 3.8) is 0 Å². The smallest absolute Gasteiger partial charge is 0.413 e. The first-order valence-electron chi connectivity index (χ1n) is 10.5. The highest BCUT2D eigenvalue weighted by atomic mass is 16.7. The first-order chi connectivity index (χ1) is 15.7. The van der Waals surface area contributed by atoms with Crippen LogP contribution in [-0.4, -0.2) is 41.8 Å². The van der Waals surface area contributed by atoms with Crippen molar-refractivity contribution in [2.45, 2.75) is 32.9 Å². The molecule has 0 fully saturated rings. The Morgan fingerprint density at radius 1 is 0.788 bits per heavy atom. The van der Waals surface area contributed by atoms with Crippen molar-refractivity contribution >= 4 is 28.8 Å². The van der Waals surface area contributed by atoms with E-state index in [1.165, 1.54) is 4.90 Å². The van der Waals surface area contributed by atoms with Crippen molar-refractivity contribution in [1.82, 2.24) is 4.90 Å². The molecule has 33 heavy (non-hydrogen) atoms. The molecule has 0 aromatic heterocycles. The molecular weight excluding hydrogens is 422 g/mol. The number of hydrogen-bond donors (Lipinski definition) is 0. The molecule has 0 spiro atoms. The second kappa shape index (κ2) is 10.6. The zero-order chi connectivity index (χ0) is 23.8. The van der Waals surface area contributed by atoms with Gasteiger partial charge < -0.3 is 14.2 Å². The van der Waals surface area contributed by atoms with Crippen LogP contribution in [0, 0.1) is 0 Å². The Morgan fingerprint density at radius 2 is 1.45 bits per heavy atom. The van der Waals surface area contributed by atoms with E-state index < -0.39 is 30.4 Å². The summed E-state index contributed by atoms with van der Waals surface area (Å²) in [6, 6.07) is 22.1. The normalized spacial score (nSPS) is 11.0. The summed E-state index contributed by atoms with van der Waals surface area (Å²) in [6.45, 7) is 4.53.